The van der Waals surface area contributed by atoms with E-state index in [2.05, 4.69) is 5.32 Å². The normalized spacial score (nSPS) is 21.0. The summed E-state index contributed by atoms with van der Waals surface area (Å²) in [5, 5.41) is 3.35. The lowest BCUT2D eigenvalue weighted by Gasteiger charge is -2.19. The molecule has 2 aliphatic rings. The Balaban J connectivity index is 1.68. The summed E-state index contributed by atoms with van der Waals surface area (Å²) < 4.78 is 0. The summed E-state index contributed by atoms with van der Waals surface area (Å²) in [4.78, 5) is 40.0. The van der Waals surface area contributed by atoms with Crippen LogP contribution in [0, 0.1) is 18.8 Å². The number of nitrogens with one attached hydrogen (secondary N) is 1. The van der Waals surface area contributed by atoms with Crippen LogP contribution in [0.5, 0.6) is 0 Å². The number of rotatable bonds is 3. The molecule has 5 nitrogen and oxygen atoms in total. The smallest absolute Gasteiger partial charge is 0.257 e. The maximum atomic E-state index is 13.0. The Bertz CT molecular complexity index is 989. The van der Waals surface area contributed by atoms with Crippen molar-refractivity contribution < 1.29 is 14.4 Å². The molecule has 0 radical (unpaired) electrons. The van der Waals surface area contributed by atoms with Crippen molar-refractivity contribution >= 4 is 40.7 Å². The summed E-state index contributed by atoms with van der Waals surface area (Å²) in [5.74, 6) is -1.56. The number of nitrogens with zero attached hydrogens (tertiary/aromatic N) is 1. The maximum Gasteiger partial charge on any atom is 0.257 e. The highest BCUT2D eigenvalue weighted by molar-refractivity contribution is 6.31. The minimum Gasteiger partial charge on any atom is -0.322 e. The highest BCUT2D eigenvalue weighted by atomic mass is 35.5. The Morgan fingerprint density at radius 1 is 1.04 bits per heavy atom. The fourth-order valence-corrected chi connectivity index (χ4v) is 3.99. The van der Waals surface area contributed by atoms with Crippen LogP contribution in [0.3, 0.4) is 0 Å². The molecule has 1 heterocycles. The van der Waals surface area contributed by atoms with Crippen molar-refractivity contribution in [2.75, 3.05) is 10.2 Å². The summed E-state index contributed by atoms with van der Waals surface area (Å²) in [5.41, 5.74) is 2.05. The molecular formula is C22H19ClN2O3. The van der Waals surface area contributed by atoms with Crippen molar-refractivity contribution in [1.29, 1.82) is 0 Å². The van der Waals surface area contributed by atoms with Crippen LogP contribution < -0.4 is 10.2 Å². The fourth-order valence-electron chi connectivity index (χ4n) is 3.82. The second kappa shape index (κ2) is 7.24. The van der Waals surface area contributed by atoms with Crippen LogP contribution in [0.1, 0.15) is 28.8 Å². The molecule has 1 saturated heterocycles. The molecule has 3 amide bonds. The molecule has 28 heavy (non-hydrogen) atoms. The van der Waals surface area contributed by atoms with Gasteiger partial charge in [0, 0.05) is 10.7 Å². The molecule has 142 valence electrons. The Hall–Kier alpha value is -2.92. The molecule has 1 aliphatic carbocycles. The number of hydrogen-bond acceptors (Lipinski definition) is 3. The Morgan fingerprint density at radius 2 is 1.68 bits per heavy atom. The van der Waals surface area contributed by atoms with Gasteiger partial charge >= 0.3 is 0 Å². The van der Waals surface area contributed by atoms with Gasteiger partial charge in [0.25, 0.3) is 5.91 Å². The van der Waals surface area contributed by atoms with E-state index in [1.165, 1.54) is 4.90 Å². The lowest BCUT2D eigenvalue weighted by molar-refractivity contribution is -0.122. The van der Waals surface area contributed by atoms with E-state index < -0.39 is 5.91 Å². The van der Waals surface area contributed by atoms with E-state index in [4.69, 9.17) is 11.6 Å². The number of amides is 3. The third-order valence-corrected chi connectivity index (χ3v) is 5.58. The van der Waals surface area contributed by atoms with Gasteiger partial charge in [-0.2, -0.15) is 0 Å². The Morgan fingerprint density at radius 3 is 2.36 bits per heavy atom. The average molecular weight is 395 g/mol. The zero-order valence-corrected chi connectivity index (χ0v) is 16.1. The number of halogens is 1. The third-order valence-electron chi connectivity index (χ3n) is 5.34. The number of aryl methyl sites for hydroxylation is 1. The Kier molecular flexibility index (Phi) is 4.77. The molecule has 0 aromatic heterocycles. The minimum atomic E-state index is -0.394. The number of carbonyl (C=O) groups excluding carboxylic acids is 3. The van der Waals surface area contributed by atoms with E-state index in [-0.39, 0.29) is 29.2 Å². The molecule has 0 spiro atoms. The number of benzene rings is 2. The second-order valence-corrected chi connectivity index (χ2v) is 7.53. The topological polar surface area (TPSA) is 66.5 Å². The average Bonchev–Trinajstić information content (AvgIpc) is 2.95. The van der Waals surface area contributed by atoms with Gasteiger partial charge in [-0.25, -0.2) is 4.90 Å². The molecular weight excluding hydrogens is 376 g/mol. The first-order chi connectivity index (χ1) is 13.5. The van der Waals surface area contributed by atoms with E-state index in [0.717, 1.165) is 5.56 Å². The summed E-state index contributed by atoms with van der Waals surface area (Å²) in [6.07, 6.45) is 5.00. The molecule has 2 aromatic rings. The molecule has 6 heteroatoms. The summed E-state index contributed by atoms with van der Waals surface area (Å²) in [7, 11) is 0. The SMILES string of the molecule is Cc1ccc(Cl)cc1NC(=O)c1ccccc1N1C(=O)[C@H]2CC=CC[C@@H]2C1=O. The van der Waals surface area contributed by atoms with E-state index in [0.29, 0.717) is 29.2 Å². The lowest BCUT2D eigenvalue weighted by Crippen LogP contribution is -2.33. The van der Waals surface area contributed by atoms with Crippen molar-refractivity contribution in [1.82, 2.24) is 0 Å². The molecule has 0 saturated carbocycles. The summed E-state index contributed by atoms with van der Waals surface area (Å²) >= 11 is 6.03. The molecule has 1 aliphatic heterocycles. The maximum absolute atomic E-state index is 13.0. The number of anilines is 2. The second-order valence-electron chi connectivity index (χ2n) is 7.10. The third kappa shape index (κ3) is 3.12. The number of para-hydroxylation sites is 1. The van der Waals surface area contributed by atoms with E-state index in [1.807, 2.05) is 25.1 Å². The van der Waals surface area contributed by atoms with Gasteiger partial charge in [-0.1, -0.05) is 42.0 Å². The van der Waals surface area contributed by atoms with Crippen LogP contribution in [0.15, 0.2) is 54.6 Å². The van der Waals surface area contributed by atoms with Crippen molar-refractivity contribution in [3.8, 4) is 0 Å². The first-order valence-electron chi connectivity index (χ1n) is 9.16. The van der Waals surface area contributed by atoms with E-state index in [9.17, 15) is 14.4 Å². The van der Waals surface area contributed by atoms with Crippen LogP contribution in [-0.2, 0) is 9.59 Å². The molecule has 4 rings (SSSR count). The van der Waals surface area contributed by atoms with Gasteiger partial charge in [0.15, 0.2) is 0 Å². The van der Waals surface area contributed by atoms with Crippen LogP contribution in [0.4, 0.5) is 11.4 Å². The van der Waals surface area contributed by atoms with Gasteiger partial charge < -0.3 is 5.32 Å². The zero-order chi connectivity index (χ0) is 19.8. The predicted octanol–water partition coefficient (Wildman–Crippen LogP) is 4.36. The largest absolute Gasteiger partial charge is 0.322 e. The van der Waals surface area contributed by atoms with Gasteiger partial charge in [-0.05, 0) is 49.6 Å². The van der Waals surface area contributed by atoms with Crippen molar-refractivity contribution in [3.63, 3.8) is 0 Å². The number of carbonyl (C=O) groups is 3. The molecule has 0 unspecified atom stereocenters. The van der Waals surface area contributed by atoms with Crippen LogP contribution in [0.2, 0.25) is 5.02 Å². The summed E-state index contributed by atoms with van der Waals surface area (Å²) in [6, 6.07) is 11.9. The van der Waals surface area contributed by atoms with Crippen LogP contribution in [-0.4, -0.2) is 17.7 Å². The highest BCUT2D eigenvalue weighted by Gasteiger charge is 2.48. The van der Waals surface area contributed by atoms with Gasteiger partial charge in [-0.15, -0.1) is 0 Å². The van der Waals surface area contributed by atoms with Gasteiger partial charge in [0.05, 0.1) is 23.1 Å². The molecule has 1 N–H and O–H groups in total. The molecule has 2 atom stereocenters. The first kappa shape index (κ1) is 18.4. The minimum absolute atomic E-state index is 0.237. The predicted molar refractivity (Wildman–Crippen MR) is 108 cm³/mol. The van der Waals surface area contributed by atoms with Crippen molar-refractivity contribution in [2.45, 2.75) is 19.8 Å². The monoisotopic (exact) mass is 394 g/mol. The lowest BCUT2D eigenvalue weighted by atomic mass is 9.85. The summed E-state index contributed by atoms with van der Waals surface area (Å²) in [6.45, 7) is 1.86. The molecule has 0 bridgehead atoms. The van der Waals surface area contributed by atoms with Gasteiger partial charge in [0.2, 0.25) is 11.8 Å². The van der Waals surface area contributed by atoms with Crippen LogP contribution >= 0.6 is 11.6 Å². The van der Waals surface area contributed by atoms with Crippen molar-refractivity contribution in [3.05, 3.63) is 70.8 Å². The van der Waals surface area contributed by atoms with Gasteiger partial charge in [0.1, 0.15) is 0 Å². The van der Waals surface area contributed by atoms with Gasteiger partial charge in [-0.3, -0.25) is 14.4 Å². The number of hydrogen-bond donors (Lipinski definition) is 1. The standard InChI is InChI=1S/C22H19ClN2O3/c1-13-10-11-14(23)12-18(13)24-20(26)17-8-4-5-9-19(17)25-21(27)15-6-2-3-7-16(15)22(25)28/h2-5,8-12,15-16H,6-7H2,1H3,(H,24,26)/t15-,16-/m0/s1. The van der Waals surface area contributed by atoms with Crippen molar-refractivity contribution in [2.24, 2.45) is 11.8 Å². The van der Waals surface area contributed by atoms with E-state index in [1.54, 1.807) is 36.4 Å². The Labute approximate surface area is 168 Å². The zero-order valence-electron chi connectivity index (χ0n) is 15.3. The first-order valence-corrected chi connectivity index (χ1v) is 9.54. The quantitative estimate of drug-likeness (QED) is 0.621. The number of imide groups is 1. The molecule has 2 aromatic carbocycles. The number of allylic oxidation sites excluding steroid dienone is 2. The van der Waals surface area contributed by atoms with Crippen LogP contribution in [0.25, 0.3) is 0 Å². The highest BCUT2D eigenvalue weighted by Crippen LogP contribution is 2.38. The fraction of sp³-hybridized carbons (Fsp3) is 0.227. The van der Waals surface area contributed by atoms with E-state index >= 15 is 0 Å². The number of fused-ring (bicyclic) bond motifs is 1. The molecule has 1 fully saturated rings.